The van der Waals surface area contributed by atoms with Gasteiger partial charge in [-0.05, 0) is 63.4 Å². The fraction of sp³-hybridized carbons (Fsp3) is 0.706. The molecule has 4 fully saturated rings. The lowest BCUT2D eigenvalue weighted by Gasteiger charge is -2.60. The highest BCUT2D eigenvalue weighted by Crippen LogP contribution is 2.61. The second-order valence-electron chi connectivity index (χ2n) is 7.05. The van der Waals surface area contributed by atoms with Crippen LogP contribution in [0.1, 0.15) is 46.0 Å². The van der Waals surface area contributed by atoms with Crippen LogP contribution < -0.4 is 0 Å². The van der Waals surface area contributed by atoms with Crippen LogP contribution in [-0.2, 0) is 9.53 Å². The molecule has 0 aliphatic heterocycles. The van der Waals surface area contributed by atoms with E-state index < -0.39 is 5.60 Å². The first-order chi connectivity index (χ1) is 8.93. The fourth-order valence-corrected chi connectivity index (χ4v) is 5.08. The number of carbonyl (C=O) groups excluding carboxylic acids is 1. The molecule has 0 heterocycles. The van der Waals surface area contributed by atoms with Gasteiger partial charge in [0, 0.05) is 17.4 Å². The molecule has 104 valence electrons. The van der Waals surface area contributed by atoms with Gasteiger partial charge in [0.2, 0.25) is 0 Å². The minimum Gasteiger partial charge on any atom is -0.451 e. The van der Waals surface area contributed by atoms with Crippen LogP contribution in [0.4, 0.5) is 0 Å². The Bertz CT molecular complexity index is 418. The number of hydrogen-bond donors (Lipinski definition) is 0. The number of rotatable bonds is 3. The fourth-order valence-electron chi connectivity index (χ4n) is 5.08. The second kappa shape index (κ2) is 4.22. The van der Waals surface area contributed by atoms with E-state index in [1.807, 2.05) is 6.92 Å². The number of hydrogen-bond acceptors (Lipinski definition) is 2. The first-order valence-corrected chi connectivity index (χ1v) is 7.48. The SMILES string of the molecule is C=C(C)C(=O)OC1(C(=C)C)C2CC3CC(C2)CC1C3. The second-order valence-corrected chi connectivity index (χ2v) is 7.05. The van der Waals surface area contributed by atoms with Crippen molar-refractivity contribution in [2.24, 2.45) is 23.7 Å². The van der Waals surface area contributed by atoms with Crippen molar-refractivity contribution in [1.29, 1.82) is 0 Å². The molecule has 4 saturated carbocycles. The van der Waals surface area contributed by atoms with Crippen LogP contribution in [-0.4, -0.2) is 11.6 Å². The minimum absolute atomic E-state index is 0.240. The summed E-state index contributed by atoms with van der Waals surface area (Å²) in [6, 6.07) is 0. The van der Waals surface area contributed by atoms with Crippen LogP contribution >= 0.6 is 0 Å². The van der Waals surface area contributed by atoms with Crippen LogP contribution in [0.3, 0.4) is 0 Å². The lowest BCUT2D eigenvalue weighted by molar-refractivity contribution is -0.192. The van der Waals surface area contributed by atoms with E-state index in [1.54, 1.807) is 6.92 Å². The molecule has 4 rings (SSSR count). The molecule has 0 amide bonds. The molecule has 0 unspecified atom stereocenters. The predicted molar refractivity (Wildman–Crippen MR) is 75.5 cm³/mol. The van der Waals surface area contributed by atoms with Gasteiger partial charge >= 0.3 is 5.97 Å². The maximum Gasteiger partial charge on any atom is 0.334 e. The topological polar surface area (TPSA) is 26.3 Å². The van der Waals surface area contributed by atoms with E-state index in [0.29, 0.717) is 17.4 Å². The van der Waals surface area contributed by atoms with Crippen molar-refractivity contribution in [3.05, 3.63) is 24.3 Å². The standard InChI is InChI=1S/C17H24O2/c1-10(2)16(18)19-17(11(3)4)14-6-12-5-13(8-14)9-15(17)7-12/h12-15H,1,3,5-9H2,2,4H3. The largest absolute Gasteiger partial charge is 0.451 e. The third-order valence-corrected chi connectivity index (χ3v) is 5.63. The van der Waals surface area contributed by atoms with E-state index in [4.69, 9.17) is 4.74 Å². The lowest BCUT2D eigenvalue weighted by atomic mass is 9.48. The molecule has 2 heteroatoms. The summed E-state index contributed by atoms with van der Waals surface area (Å²) in [6.45, 7) is 11.7. The Morgan fingerprint density at radius 3 is 1.84 bits per heavy atom. The summed E-state index contributed by atoms with van der Waals surface area (Å²) in [6.07, 6.45) is 6.24. The third kappa shape index (κ3) is 1.79. The van der Waals surface area contributed by atoms with Gasteiger partial charge < -0.3 is 4.74 Å². The highest BCUT2D eigenvalue weighted by molar-refractivity contribution is 5.87. The molecular weight excluding hydrogens is 236 g/mol. The van der Waals surface area contributed by atoms with Crippen LogP contribution in [0.5, 0.6) is 0 Å². The molecule has 4 aliphatic rings. The van der Waals surface area contributed by atoms with Crippen molar-refractivity contribution in [2.45, 2.75) is 51.6 Å². The summed E-state index contributed by atoms with van der Waals surface area (Å²) in [5.41, 5.74) is 1.13. The van der Waals surface area contributed by atoms with Crippen LogP contribution in [0.15, 0.2) is 24.3 Å². The van der Waals surface area contributed by atoms with Gasteiger partial charge in [0.1, 0.15) is 5.60 Å². The highest BCUT2D eigenvalue weighted by atomic mass is 16.6. The van der Waals surface area contributed by atoms with Crippen molar-refractivity contribution < 1.29 is 9.53 Å². The zero-order chi connectivity index (χ0) is 13.8. The molecule has 0 aromatic carbocycles. The number of carbonyl (C=O) groups is 1. The average molecular weight is 260 g/mol. The molecule has 0 atom stereocenters. The first kappa shape index (κ1) is 13.0. The summed E-state index contributed by atoms with van der Waals surface area (Å²) in [5, 5.41) is 0. The summed E-state index contributed by atoms with van der Waals surface area (Å²) in [4.78, 5) is 12.1. The molecule has 0 N–H and O–H groups in total. The lowest BCUT2D eigenvalue weighted by Crippen LogP contribution is -2.60. The molecule has 0 saturated heterocycles. The predicted octanol–water partition coefficient (Wildman–Crippen LogP) is 3.88. The summed E-state index contributed by atoms with van der Waals surface area (Å²) < 4.78 is 6.00. The molecule has 0 radical (unpaired) electrons. The molecule has 4 aliphatic carbocycles. The average Bonchev–Trinajstić information content (AvgIpc) is 2.32. The summed E-state index contributed by atoms with van der Waals surface area (Å²) >= 11 is 0. The first-order valence-electron chi connectivity index (χ1n) is 7.48. The van der Waals surface area contributed by atoms with E-state index >= 15 is 0 Å². The Morgan fingerprint density at radius 2 is 1.47 bits per heavy atom. The molecule has 2 nitrogen and oxygen atoms in total. The minimum atomic E-state index is -0.399. The Morgan fingerprint density at radius 1 is 1.00 bits per heavy atom. The van der Waals surface area contributed by atoms with Gasteiger partial charge in [-0.3, -0.25) is 0 Å². The van der Waals surface area contributed by atoms with Crippen molar-refractivity contribution >= 4 is 5.97 Å². The Hall–Kier alpha value is -1.05. The normalized spacial score (nSPS) is 43.1. The van der Waals surface area contributed by atoms with Gasteiger partial charge in [-0.1, -0.05) is 13.2 Å². The zero-order valence-corrected chi connectivity index (χ0v) is 12.1. The van der Waals surface area contributed by atoms with Gasteiger partial charge in [0.25, 0.3) is 0 Å². The molecular formula is C17H24O2. The Kier molecular flexibility index (Phi) is 2.88. The van der Waals surface area contributed by atoms with Crippen molar-refractivity contribution in [3.63, 3.8) is 0 Å². The molecule has 4 bridgehead atoms. The smallest absolute Gasteiger partial charge is 0.334 e. The van der Waals surface area contributed by atoms with E-state index in [1.165, 1.54) is 32.1 Å². The summed E-state index contributed by atoms with van der Waals surface area (Å²) in [5.74, 6) is 2.46. The third-order valence-electron chi connectivity index (χ3n) is 5.63. The summed E-state index contributed by atoms with van der Waals surface area (Å²) in [7, 11) is 0. The monoisotopic (exact) mass is 260 g/mol. The molecule has 0 aromatic heterocycles. The zero-order valence-electron chi connectivity index (χ0n) is 12.1. The maximum atomic E-state index is 12.1. The van der Waals surface area contributed by atoms with Gasteiger partial charge in [0.15, 0.2) is 0 Å². The van der Waals surface area contributed by atoms with Gasteiger partial charge in [-0.2, -0.15) is 0 Å². The Labute approximate surface area is 115 Å². The van der Waals surface area contributed by atoms with E-state index in [2.05, 4.69) is 13.2 Å². The Balaban J connectivity index is 1.95. The van der Waals surface area contributed by atoms with Crippen molar-refractivity contribution in [1.82, 2.24) is 0 Å². The quantitative estimate of drug-likeness (QED) is 0.437. The molecule has 0 spiro atoms. The molecule has 0 aromatic rings. The van der Waals surface area contributed by atoms with Crippen molar-refractivity contribution in [3.8, 4) is 0 Å². The maximum absolute atomic E-state index is 12.1. The van der Waals surface area contributed by atoms with Crippen molar-refractivity contribution in [2.75, 3.05) is 0 Å². The van der Waals surface area contributed by atoms with Crippen LogP contribution in [0, 0.1) is 23.7 Å². The number of ether oxygens (including phenoxy) is 1. The van der Waals surface area contributed by atoms with E-state index in [-0.39, 0.29) is 5.97 Å². The van der Waals surface area contributed by atoms with Gasteiger partial charge in [0.05, 0.1) is 0 Å². The highest BCUT2D eigenvalue weighted by Gasteiger charge is 2.59. The van der Waals surface area contributed by atoms with Gasteiger partial charge in [-0.25, -0.2) is 4.79 Å². The van der Waals surface area contributed by atoms with E-state index in [9.17, 15) is 4.79 Å². The van der Waals surface area contributed by atoms with Crippen LogP contribution in [0.2, 0.25) is 0 Å². The number of esters is 1. The van der Waals surface area contributed by atoms with Crippen LogP contribution in [0.25, 0.3) is 0 Å². The van der Waals surface area contributed by atoms with Gasteiger partial charge in [-0.15, -0.1) is 0 Å². The molecule has 19 heavy (non-hydrogen) atoms. The van der Waals surface area contributed by atoms with E-state index in [0.717, 1.165) is 17.4 Å².